The highest BCUT2D eigenvalue weighted by Crippen LogP contribution is 2.66. The third-order valence-corrected chi connectivity index (χ3v) is 6.78. The largest absolute Gasteiger partial charge is 0.353 e. The molecule has 0 heterocycles. The third-order valence-electron chi connectivity index (χ3n) is 6.78. The molecule has 10 atom stereocenters. The molecule has 0 radical (unpaired) electrons. The van der Waals surface area contributed by atoms with Crippen molar-refractivity contribution >= 4 is 0 Å². The molecule has 0 spiro atoms. The molecule has 0 aromatic carbocycles. The van der Waals surface area contributed by atoms with Crippen molar-refractivity contribution in [2.24, 2.45) is 35.5 Å². The number of allylic oxidation sites excluding steroid dienone is 2. The molecule has 0 amide bonds. The lowest BCUT2D eigenvalue weighted by atomic mass is 9.71. The lowest BCUT2D eigenvalue weighted by Gasteiger charge is -2.42. The van der Waals surface area contributed by atoms with Gasteiger partial charge in [-0.2, -0.15) is 0 Å². The predicted molar refractivity (Wildman–Crippen MR) is 91.2 cm³/mol. The minimum Gasteiger partial charge on any atom is -0.353 e. The summed E-state index contributed by atoms with van der Waals surface area (Å²) in [6.45, 7) is 9.42. The van der Waals surface area contributed by atoms with Crippen LogP contribution in [0.25, 0.3) is 0 Å². The molecule has 4 aliphatic rings. The third kappa shape index (κ3) is 2.66. The maximum absolute atomic E-state index is 6.37. The van der Waals surface area contributed by atoms with Crippen LogP contribution >= 0.6 is 0 Å². The van der Waals surface area contributed by atoms with Crippen molar-refractivity contribution < 1.29 is 18.9 Å². The molecule has 4 bridgehead atoms. The standard InChI is InChI=1S/C20H32O4/c1-5-21-11(3)23-19-15-10-16(20(19)24-12(4)22-6-2)18-14-8-7-13(9-14)17(15)18/h7-8,11-20H,5-6,9-10H2,1-4H3. The normalized spacial score (nSPS) is 47.3. The zero-order valence-electron chi connectivity index (χ0n) is 15.4. The van der Waals surface area contributed by atoms with Crippen LogP contribution in [0.3, 0.4) is 0 Å². The first-order valence-electron chi connectivity index (χ1n) is 9.86. The van der Waals surface area contributed by atoms with E-state index in [4.69, 9.17) is 18.9 Å². The quantitative estimate of drug-likeness (QED) is 0.385. The molecule has 136 valence electrons. The number of hydrogen-bond donors (Lipinski definition) is 0. The Balaban J connectivity index is 1.52. The number of ether oxygens (including phenoxy) is 4. The summed E-state index contributed by atoms with van der Waals surface area (Å²) in [6.07, 6.45) is 7.49. The second kappa shape index (κ2) is 6.71. The maximum atomic E-state index is 6.37. The Morgan fingerprint density at radius 1 is 0.792 bits per heavy atom. The second-order valence-corrected chi connectivity index (χ2v) is 7.91. The molecule has 0 saturated heterocycles. The Labute approximate surface area is 145 Å². The number of fused-ring (bicyclic) bond motifs is 9. The van der Waals surface area contributed by atoms with E-state index in [-0.39, 0.29) is 24.8 Å². The summed E-state index contributed by atoms with van der Waals surface area (Å²) < 4.78 is 24.1. The van der Waals surface area contributed by atoms with Crippen LogP contribution in [0.5, 0.6) is 0 Å². The minimum atomic E-state index is -0.166. The molecular weight excluding hydrogens is 304 g/mol. The van der Waals surface area contributed by atoms with Gasteiger partial charge in [0.05, 0.1) is 12.2 Å². The molecule has 0 aromatic rings. The zero-order valence-corrected chi connectivity index (χ0v) is 15.4. The van der Waals surface area contributed by atoms with Crippen molar-refractivity contribution in [3.8, 4) is 0 Å². The summed E-state index contributed by atoms with van der Waals surface area (Å²) in [7, 11) is 0. The topological polar surface area (TPSA) is 36.9 Å². The number of rotatable bonds is 8. The molecule has 0 aromatic heterocycles. The molecule has 3 saturated carbocycles. The summed E-state index contributed by atoms with van der Waals surface area (Å²) in [6, 6.07) is 0. The van der Waals surface area contributed by atoms with Gasteiger partial charge in [0, 0.05) is 13.2 Å². The fourth-order valence-corrected chi connectivity index (χ4v) is 6.27. The average molecular weight is 336 g/mol. The highest BCUT2D eigenvalue weighted by atomic mass is 16.7. The van der Waals surface area contributed by atoms with Gasteiger partial charge < -0.3 is 18.9 Å². The van der Waals surface area contributed by atoms with E-state index in [1.54, 1.807) is 0 Å². The van der Waals surface area contributed by atoms with E-state index in [2.05, 4.69) is 12.2 Å². The molecule has 4 aliphatic carbocycles. The van der Waals surface area contributed by atoms with Gasteiger partial charge in [-0.25, -0.2) is 0 Å². The van der Waals surface area contributed by atoms with Gasteiger partial charge in [0.15, 0.2) is 12.6 Å². The Morgan fingerprint density at radius 2 is 1.25 bits per heavy atom. The molecule has 10 unspecified atom stereocenters. The van der Waals surface area contributed by atoms with Gasteiger partial charge in [-0.05, 0) is 76.0 Å². The van der Waals surface area contributed by atoms with Crippen molar-refractivity contribution in [3.05, 3.63) is 12.2 Å². The first-order valence-corrected chi connectivity index (χ1v) is 9.86. The van der Waals surface area contributed by atoms with Crippen LogP contribution in [-0.4, -0.2) is 38.0 Å². The van der Waals surface area contributed by atoms with Gasteiger partial charge in [0.25, 0.3) is 0 Å². The van der Waals surface area contributed by atoms with Gasteiger partial charge in [0.1, 0.15) is 0 Å². The van der Waals surface area contributed by atoms with Crippen LogP contribution in [0.15, 0.2) is 12.2 Å². The first-order chi connectivity index (χ1) is 11.6. The molecule has 4 rings (SSSR count). The smallest absolute Gasteiger partial charge is 0.155 e. The van der Waals surface area contributed by atoms with E-state index in [1.807, 2.05) is 27.7 Å². The van der Waals surface area contributed by atoms with E-state index < -0.39 is 0 Å². The molecular formula is C20H32O4. The van der Waals surface area contributed by atoms with Crippen molar-refractivity contribution in [2.45, 2.75) is 65.3 Å². The zero-order chi connectivity index (χ0) is 16.8. The van der Waals surface area contributed by atoms with E-state index in [9.17, 15) is 0 Å². The monoisotopic (exact) mass is 336 g/mol. The van der Waals surface area contributed by atoms with Crippen LogP contribution in [0.1, 0.15) is 40.5 Å². The van der Waals surface area contributed by atoms with Crippen molar-refractivity contribution in [3.63, 3.8) is 0 Å². The van der Waals surface area contributed by atoms with E-state index in [0.29, 0.717) is 25.0 Å². The summed E-state index contributed by atoms with van der Waals surface area (Å²) in [5, 5.41) is 0. The van der Waals surface area contributed by atoms with E-state index in [0.717, 1.165) is 23.7 Å². The lowest BCUT2D eigenvalue weighted by molar-refractivity contribution is -0.245. The number of hydrogen-bond acceptors (Lipinski definition) is 4. The van der Waals surface area contributed by atoms with Gasteiger partial charge in [-0.1, -0.05) is 12.2 Å². The fraction of sp³-hybridized carbons (Fsp3) is 0.900. The minimum absolute atomic E-state index is 0.147. The van der Waals surface area contributed by atoms with Gasteiger partial charge >= 0.3 is 0 Å². The average Bonchev–Trinajstić information content (AvgIpc) is 3.27. The Hall–Kier alpha value is -0.420. The van der Waals surface area contributed by atoms with Crippen molar-refractivity contribution in [1.82, 2.24) is 0 Å². The fourth-order valence-electron chi connectivity index (χ4n) is 6.27. The molecule has 0 N–H and O–H groups in total. The summed E-state index contributed by atoms with van der Waals surface area (Å²) >= 11 is 0. The van der Waals surface area contributed by atoms with E-state index in [1.165, 1.54) is 12.8 Å². The van der Waals surface area contributed by atoms with Crippen molar-refractivity contribution in [1.29, 1.82) is 0 Å². The van der Waals surface area contributed by atoms with Gasteiger partial charge in [-0.3, -0.25) is 0 Å². The van der Waals surface area contributed by atoms with Gasteiger partial charge in [0.2, 0.25) is 0 Å². The van der Waals surface area contributed by atoms with Crippen LogP contribution < -0.4 is 0 Å². The Bertz CT molecular complexity index is 438. The second-order valence-electron chi connectivity index (χ2n) is 7.91. The van der Waals surface area contributed by atoms with E-state index >= 15 is 0 Å². The molecule has 24 heavy (non-hydrogen) atoms. The highest BCUT2D eigenvalue weighted by Gasteiger charge is 2.66. The lowest BCUT2D eigenvalue weighted by Crippen LogP contribution is -2.48. The summed E-state index contributed by atoms with van der Waals surface area (Å²) in [5.41, 5.74) is 0. The first kappa shape index (κ1) is 17.0. The molecule has 0 aliphatic heterocycles. The SMILES string of the molecule is CCOC(C)OC1C2CC(C1OC(C)OCC)C1C3C=CC(C3)C21. The maximum Gasteiger partial charge on any atom is 0.155 e. The predicted octanol–water partition coefficient (Wildman–Crippen LogP) is 3.61. The highest BCUT2D eigenvalue weighted by molar-refractivity contribution is 5.23. The van der Waals surface area contributed by atoms with Gasteiger partial charge in [-0.15, -0.1) is 0 Å². The molecule has 3 fully saturated rings. The van der Waals surface area contributed by atoms with Crippen molar-refractivity contribution in [2.75, 3.05) is 13.2 Å². The molecule has 4 heteroatoms. The summed E-state index contributed by atoms with van der Waals surface area (Å²) in [5.74, 6) is 4.36. The van der Waals surface area contributed by atoms with Crippen LogP contribution in [0.2, 0.25) is 0 Å². The Kier molecular flexibility index (Phi) is 4.76. The van der Waals surface area contributed by atoms with Crippen LogP contribution in [-0.2, 0) is 18.9 Å². The Morgan fingerprint density at radius 3 is 1.67 bits per heavy atom. The summed E-state index contributed by atoms with van der Waals surface area (Å²) in [4.78, 5) is 0. The molecule has 4 nitrogen and oxygen atoms in total. The van der Waals surface area contributed by atoms with Crippen LogP contribution in [0.4, 0.5) is 0 Å². The van der Waals surface area contributed by atoms with Crippen LogP contribution in [0, 0.1) is 35.5 Å².